The lowest BCUT2D eigenvalue weighted by Crippen LogP contribution is -2.17. The Balaban J connectivity index is 1.96. The Morgan fingerprint density at radius 3 is 2.62 bits per heavy atom. The second kappa shape index (κ2) is 6.62. The van der Waals surface area contributed by atoms with E-state index < -0.39 is 6.10 Å². The maximum atomic E-state index is 9.49. The van der Waals surface area contributed by atoms with Gasteiger partial charge in [0.15, 0.2) is 6.19 Å². The van der Waals surface area contributed by atoms with Crippen LogP contribution in [0, 0.1) is 22.8 Å². The van der Waals surface area contributed by atoms with E-state index in [9.17, 15) is 10.4 Å². The number of rotatable bonds is 4. The molecule has 0 radical (unpaired) electrons. The summed E-state index contributed by atoms with van der Waals surface area (Å²) in [5.41, 5.74) is 4.72. The lowest BCUT2D eigenvalue weighted by Gasteiger charge is -2.20. The standard InChI is InChI=1S/C19H18N4O/c1-13(24)10-22-17-7-6-16-11-23(12-21)19(18(16)8-17)15-4-2-14(9-20)3-5-15/h2-8,13,19,22,24H,10-11H2,1H3. The first kappa shape index (κ1) is 15.9. The summed E-state index contributed by atoms with van der Waals surface area (Å²) >= 11 is 0. The highest BCUT2D eigenvalue weighted by Crippen LogP contribution is 2.39. The fraction of sp³-hybridized carbons (Fsp3) is 0.263. The summed E-state index contributed by atoms with van der Waals surface area (Å²) in [6.45, 7) is 2.78. The van der Waals surface area contributed by atoms with E-state index in [0.29, 0.717) is 18.7 Å². The number of benzene rings is 2. The maximum absolute atomic E-state index is 9.49. The molecular formula is C19H18N4O. The average molecular weight is 318 g/mol. The Morgan fingerprint density at radius 2 is 2.00 bits per heavy atom. The summed E-state index contributed by atoms with van der Waals surface area (Å²) in [5.74, 6) is 0. The van der Waals surface area contributed by atoms with E-state index in [1.165, 1.54) is 0 Å². The summed E-state index contributed by atoms with van der Waals surface area (Å²) in [4.78, 5) is 1.74. The van der Waals surface area contributed by atoms with Crippen LogP contribution >= 0.6 is 0 Å². The lowest BCUT2D eigenvalue weighted by atomic mass is 9.96. The van der Waals surface area contributed by atoms with Crippen molar-refractivity contribution in [3.63, 3.8) is 0 Å². The molecule has 1 aliphatic rings. The lowest BCUT2D eigenvalue weighted by molar-refractivity contribution is 0.208. The van der Waals surface area contributed by atoms with Crippen LogP contribution in [0.2, 0.25) is 0 Å². The first-order chi connectivity index (χ1) is 11.6. The number of anilines is 1. The quantitative estimate of drug-likeness (QED) is 0.847. The molecule has 0 fully saturated rings. The largest absolute Gasteiger partial charge is 0.392 e. The van der Waals surface area contributed by atoms with E-state index in [1.54, 1.807) is 24.0 Å². The third kappa shape index (κ3) is 3.03. The van der Waals surface area contributed by atoms with Crippen LogP contribution in [0.3, 0.4) is 0 Å². The number of nitriles is 2. The molecule has 5 heteroatoms. The number of hydrogen-bond donors (Lipinski definition) is 2. The summed E-state index contributed by atoms with van der Waals surface area (Å²) < 4.78 is 0. The van der Waals surface area contributed by atoms with Crippen molar-refractivity contribution in [2.24, 2.45) is 0 Å². The minimum Gasteiger partial charge on any atom is -0.392 e. The molecule has 2 unspecified atom stereocenters. The van der Waals surface area contributed by atoms with Crippen LogP contribution in [-0.4, -0.2) is 22.7 Å². The first-order valence-electron chi connectivity index (χ1n) is 7.83. The molecule has 0 bridgehead atoms. The predicted octanol–water partition coefficient (Wildman–Crippen LogP) is 2.74. The number of nitrogens with one attached hydrogen (secondary N) is 1. The Hall–Kier alpha value is -3.02. The molecule has 5 nitrogen and oxygen atoms in total. The van der Waals surface area contributed by atoms with Gasteiger partial charge in [0, 0.05) is 12.2 Å². The van der Waals surface area contributed by atoms with Crippen molar-refractivity contribution in [3.05, 3.63) is 64.7 Å². The number of fused-ring (bicyclic) bond motifs is 1. The number of hydrogen-bond acceptors (Lipinski definition) is 5. The Morgan fingerprint density at radius 1 is 1.25 bits per heavy atom. The topological polar surface area (TPSA) is 83.1 Å². The number of aliphatic hydroxyl groups is 1. The van der Waals surface area contributed by atoms with Gasteiger partial charge in [0.2, 0.25) is 0 Å². The third-order valence-electron chi connectivity index (χ3n) is 4.18. The highest BCUT2D eigenvalue weighted by atomic mass is 16.3. The molecule has 2 N–H and O–H groups in total. The molecule has 0 aliphatic carbocycles. The molecule has 120 valence electrons. The Bertz CT molecular complexity index is 815. The van der Waals surface area contributed by atoms with Crippen LogP contribution in [0.25, 0.3) is 0 Å². The molecule has 0 saturated heterocycles. The van der Waals surface area contributed by atoms with Crippen molar-refractivity contribution >= 4 is 5.69 Å². The highest BCUT2D eigenvalue weighted by Gasteiger charge is 2.31. The smallest absolute Gasteiger partial charge is 0.180 e. The SMILES string of the molecule is CC(O)CNc1ccc2c(c1)C(c1ccc(C#N)cc1)N(C#N)C2. The van der Waals surface area contributed by atoms with Crippen molar-refractivity contribution in [1.82, 2.24) is 4.90 Å². The van der Waals surface area contributed by atoms with Gasteiger partial charge in [-0.3, -0.25) is 4.90 Å². The van der Waals surface area contributed by atoms with Crippen LogP contribution in [0.5, 0.6) is 0 Å². The van der Waals surface area contributed by atoms with Crippen LogP contribution in [-0.2, 0) is 6.54 Å². The van der Waals surface area contributed by atoms with Gasteiger partial charge in [-0.2, -0.15) is 10.5 Å². The summed E-state index contributed by atoms with van der Waals surface area (Å²) in [6, 6.07) is 15.4. The van der Waals surface area contributed by atoms with E-state index in [2.05, 4.69) is 17.6 Å². The van der Waals surface area contributed by atoms with Crippen LogP contribution in [0.4, 0.5) is 5.69 Å². The second-order valence-corrected chi connectivity index (χ2v) is 6.01. The Kier molecular flexibility index (Phi) is 4.37. The monoisotopic (exact) mass is 318 g/mol. The molecule has 1 heterocycles. The minimum absolute atomic E-state index is 0.147. The van der Waals surface area contributed by atoms with E-state index >= 15 is 0 Å². The molecule has 2 aromatic carbocycles. The van der Waals surface area contributed by atoms with Crippen LogP contribution < -0.4 is 5.32 Å². The van der Waals surface area contributed by atoms with E-state index in [1.807, 2.05) is 30.3 Å². The van der Waals surface area contributed by atoms with Gasteiger partial charge < -0.3 is 10.4 Å². The van der Waals surface area contributed by atoms with Gasteiger partial charge >= 0.3 is 0 Å². The van der Waals surface area contributed by atoms with Gasteiger partial charge in [-0.25, -0.2) is 0 Å². The fourth-order valence-corrected chi connectivity index (χ4v) is 3.00. The van der Waals surface area contributed by atoms with Crippen LogP contribution in [0.1, 0.15) is 35.2 Å². The predicted molar refractivity (Wildman–Crippen MR) is 90.8 cm³/mol. The van der Waals surface area contributed by atoms with Gasteiger partial charge in [-0.1, -0.05) is 18.2 Å². The molecule has 1 aliphatic heterocycles. The molecule has 0 amide bonds. The molecule has 2 aromatic rings. The zero-order valence-electron chi connectivity index (χ0n) is 13.4. The van der Waals surface area contributed by atoms with E-state index in [0.717, 1.165) is 22.4 Å². The Labute approximate surface area is 141 Å². The second-order valence-electron chi connectivity index (χ2n) is 6.01. The number of nitrogens with zero attached hydrogens (tertiary/aromatic N) is 3. The highest BCUT2D eigenvalue weighted by molar-refractivity contribution is 5.54. The van der Waals surface area contributed by atoms with Gasteiger partial charge in [0.05, 0.1) is 30.3 Å². The van der Waals surface area contributed by atoms with E-state index in [-0.39, 0.29) is 6.04 Å². The molecule has 0 spiro atoms. The zero-order chi connectivity index (χ0) is 17.1. The molecular weight excluding hydrogens is 300 g/mol. The van der Waals surface area contributed by atoms with Gasteiger partial charge in [-0.05, 0) is 47.9 Å². The minimum atomic E-state index is -0.428. The molecule has 24 heavy (non-hydrogen) atoms. The van der Waals surface area contributed by atoms with Crippen molar-refractivity contribution in [1.29, 1.82) is 10.5 Å². The van der Waals surface area contributed by atoms with Crippen molar-refractivity contribution < 1.29 is 5.11 Å². The molecule has 2 atom stereocenters. The van der Waals surface area contributed by atoms with Gasteiger partial charge in [0.25, 0.3) is 0 Å². The fourth-order valence-electron chi connectivity index (χ4n) is 3.00. The first-order valence-corrected chi connectivity index (χ1v) is 7.83. The van der Waals surface area contributed by atoms with Crippen molar-refractivity contribution in [2.45, 2.75) is 25.6 Å². The molecule has 3 rings (SSSR count). The molecule has 0 aromatic heterocycles. The average Bonchev–Trinajstić information content (AvgIpc) is 2.97. The van der Waals surface area contributed by atoms with Crippen molar-refractivity contribution in [3.8, 4) is 12.3 Å². The van der Waals surface area contributed by atoms with Gasteiger partial charge in [-0.15, -0.1) is 0 Å². The van der Waals surface area contributed by atoms with Crippen molar-refractivity contribution in [2.75, 3.05) is 11.9 Å². The summed E-state index contributed by atoms with van der Waals surface area (Å²) in [5, 5.41) is 31.1. The normalized spacial score (nSPS) is 16.8. The van der Waals surface area contributed by atoms with Gasteiger partial charge in [0.1, 0.15) is 0 Å². The zero-order valence-corrected chi connectivity index (χ0v) is 13.4. The summed E-state index contributed by atoms with van der Waals surface area (Å²) in [6.07, 6.45) is 1.84. The van der Waals surface area contributed by atoms with Crippen LogP contribution in [0.15, 0.2) is 42.5 Å². The van der Waals surface area contributed by atoms with E-state index in [4.69, 9.17) is 5.26 Å². The third-order valence-corrected chi connectivity index (χ3v) is 4.18. The summed E-state index contributed by atoms with van der Waals surface area (Å²) in [7, 11) is 0. The maximum Gasteiger partial charge on any atom is 0.180 e. The molecule has 0 saturated carbocycles. The number of aliphatic hydroxyl groups excluding tert-OH is 1.